The largest absolute Gasteiger partial charge is 0.481 e. The average Bonchev–Trinajstić information content (AvgIpc) is 3.34. The van der Waals surface area contributed by atoms with Gasteiger partial charge < -0.3 is 9.47 Å². The van der Waals surface area contributed by atoms with Gasteiger partial charge in [-0.05, 0) is 43.4 Å². The number of nitrogens with zero attached hydrogens (tertiary/aromatic N) is 2. The number of carbonyl (C=O) groups excluding carboxylic acids is 3. The second kappa shape index (κ2) is 7.39. The summed E-state index contributed by atoms with van der Waals surface area (Å²) in [6.45, 7) is 1.70. The van der Waals surface area contributed by atoms with Crippen molar-refractivity contribution < 1.29 is 23.9 Å². The smallest absolute Gasteiger partial charge is 0.344 e. The Bertz CT molecular complexity index is 867. The molecule has 0 N–H and O–H groups in total. The van der Waals surface area contributed by atoms with Crippen LogP contribution in [0.2, 0.25) is 5.02 Å². The number of rotatable bonds is 6. The monoisotopic (exact) mass is 402 g/mol. The first-order valence-corrected chi connectivity index (χ1v) is 9.55. The summed E-state index contributed by atoms with van der Waals surface area (Å²) >= 11 is 6.04. The van der Waals surface area contributed by atoms with Gasteiger partial charge in [0.05, 0.1) is 24.7 Å². The summed E-state index contributed by atoms with van der Waals surface area (Å²) in [6, 6.07) is 4.79. The molecule has 2 aliphatic carbocycles. The third kappa shape index (κ3) is 3.20. The maximum absolute atomic E-state index is 12.7. The maximum Gasteiger partial charge on any atom is 0.344 e. The topological polar surface area (TPSA) is 85.3 Å². The second-order valence-corrected chi connectivity index (χ2v) is 7.45. The molecule has 146 valence electrons. The molecule has 0 spiro atoms. The minimum absolute atomic E-state index is 0.126. The molecule has 1 saturated carbocycles. The van der Waals surface area contributed by atoms with E-state index in [1.165, 1.54) is 6.21 Å². The SMILES string of the molecule is CCOC(=O)COc1ccc(Cl)cc1C=NN1C(=O)[C@@H]2[C@H](C1=O)[C@H]1C=C[C@H]2C1. The Kier molecular flexibility index (Phi) is 4.93. The van der Waals surface area contributed by atoms with E-state index in [2.05, 4.69) is 5.10 Å². The van der Waals surface area contributed by atoms with Crippen molar-refractivity contribution in [3.05, 3.63) is 40.9 Å². The molecule has 2 bridgehead atoms. The van der Waals surface area contributed by atoms with Crippen molar-refractivity contribution in [2.75, 3.05) is 13.2 Å². The van der Waals surface area contributed by atoms with Gasteiger partial charge in [-0.1, -0.05) is 23.8 Å². The number of benzene rings is 1. The zero-order valence-corrected chi connectivity index (χ0v) is 16.0. The fraction of sp³-hybridized carbons (Fsp3) is 0.400. The third-order valence-electron chi connectivity index (χ3n) is 5.38. The Morgan fingerprint density at radius 2 is 1.93 bits per heavy atom. The second-order valence-electron chi connectivity index (χ2n) is 7.01. The number of esters is 1. The minimum Gasteiger partial charge on any atom is -0.481 e. The zero-order chi connectivity index (χ0) is 19.8. The standard InChI is InChI=1S/C20H19ClN2O5/c1-2-27-16(24)10-28-15-6-5-14(21)8-13(15)9-22-23-19(25)17-11-3-4-12(7-11)18(17)20(23)26/h3-6,8-9,11-12,17-18H,2,7,10H2,1H3/t11-,12-,17-,18+/m0/s1. The van der Waals surface area contributed by atoms with Crippen LogP contribution in [0.4, 0.5) is 0 Å². The number of amides is 2. The van der Waals surface area contributed by atoms with Gasteiger partial charge >= 0.3 is 5.97 Å². The van der Waals surface area contributed by atoms with E-state index in [1.54, 1.807) is 25.1 Å². The van der Waals surface area contributed by atoms with Crippen LogP contribution in [0.25, 0.3) is 0 Å². The summed E-state index contributed by atoms with van der Waals surface area (Å²) in [7, 11) is 0. The minimum atomic E-state index is -0.499. The molecule has 0 radical (unpaired) electrons. The first-order valence-electron chi connectivity index (χ1n) is 9.17. The van der Waals surface area contributed by atoms with Crippen LogP contribution in [0.3, 0.4) is 0 Å². The first-order chi connectivity index (χ1) is 13.5. The average molecular weight is 403 g/mol. The molecule has 8 heteroatoms. The highest BCUT2D eigenvalue weighted by molar-refractivity contribution is 6.31. The Labute approximate surface area is 166 Å². The number of halogens is 1. The number of allylic oxidation sites excluding steroid dienone is 2. The zero-order valence-electron chi connectivity index (χ0n) is 15.2. The van der Waals surface area contributed by atoms with Gasteiger partial charge in [0.25, 0.3) is 11.8 Å². The van der Waals surface area contributed by atoms with Gasteiger partial charge in [0, 0.05) is 10.6 Å². The van der Waals surface area contributed by atoms with Crippen LogP contribution in [0, 0.1) is 23.7 Å². The van der Waals surface area contributed by atoms with E-state index < -0.39 is 5.97 Å². The van der Waals surface area contributed by atoms with E-state index in [9.17, 15) is 14.4 Å². The molecule has 4 atom stereocenters. The predicted octanol–water partition coefficient (Wildman–Crippen LogP) is 2.42. The number of hydrogen-bond acceptors (Lipinski definition) is 6. The van der Waals surface area contributed by atoms with Crippen LogP contribution in [-0.2, 0) is 19.1 Å². The van der Waals surface area contributed by atoms with Crippen molar-refractivity contribution in [3.8, 4) is 5.75 Å². The normalized spacial score (nSPS) is 27.7. The van der Waals surface area contributed by atoms with Crippen molar-refractivity contribution >= 4 is 35.6 Å². The summed E-state index contributed by atoms with van der Waals surface area (Å²) in [5.41, 5.74) is 0.454. The van der Waals surface area contributed by atoms with E-state index in [0.29, 0.717) is 16.3 Å². The van der Waals surface area contributed by atoms with Gasteiger partial charge in [-0.15, -0.1) is 0 Å². The number of hydrogen-bond donors (Lipinski definition) is 0. The summed E-state index contributed by atoms with van der Waals surface area (Å²) < 4.78 is 10.3. The molecular formula is C20H19ClN2O5. The number of hydrazone groups is 1. The lowest BCUT2D eigenvalue weighted by atomic mass is 9.85. The van der Waals surface area contributed by atoms with E-state index in [-0.39, 0.29) is 48.7 Å². The number of ether oxygens (including phenoxy) is 2. The van der Waals surface area contributed by atoms with Crippen LogP contribution in [0.1, 0.15) is 18.9 Å². The molecule has 7 nitrogen and oxygen atoms in total. The van der Waals surface area contributed by atoms with Gasteiger partial charge in [-0.2, -0.15) is 10.1 Å². The van der Waals surface area contributed by atoms with Crippen LogP contribution in [0.15, 0.2) is 35.5 Å². The number of fused-ring (bicyclic) bond motifs is 5. The highest BCUT2D eigenvalue weighted by Crippen LogP contribution is 2.52. The number of imide groups is 1. The Morgan fingerprint density at radius 3 is 2.57 bits per heavy atom. The van der Waals surface area contributed by atoms with Crippen molar-refractivity contribution in [1.82, 2.24) is 5.01 Å². The Morgan fingerprint density at radius 1 is 1.25 bits per heavy atom. The fourth-order valence-corrected chi connectivity index (χ4v) is 4.39. The van der Waals surface area contributed by atoms with Crippen molar-refractivity contribution in [2.24, 2.45) is 28.8 Å². The predicted molar refractivity (Wildman–Crippen MR) is 101 cm³/mol. The van der Waals surface area contributed by atoms with E-state index >= 15 is 0 Å². The van der Waals surface area contributed by atoms with Gasteiger partial charge in [-0.25, -0.2) is 4.79 Å². The van der Waals surface area contributed by atoms with Crippen LogP contribution >= 0.6 is 11.6 Å². The fourth-order valence-electron chi connectivity index (χ4n) is 4.21. The molecule has 1 saturated heterocycles. The molecule has 1 aliphatic heterocycles. The summed E-state index contributed by atoms with van der Waals surface area (Å²) in [5, 5.41) is 5.52. The van der Waals surface area contributed by atoms with Gasteiger partial charge in [0.2, 0.25) is 0 Å². The van der Waals surface area contributed by atoms with Crippen molar-refractivity contribution in [2.45, 2.75) is 13.3 Å². The van der Waals surface area contributed by atoms with Crippen molar-refractivity contribution in [1.29, 1.82) is 0 Å². The van der Waals surface area contributed by atoms with Crippen molar-refractivity contribution in [3.63, 3.8) is 0 Å². The Hall–Kier alpha value is -2.67. The lowest BCUT2D eigenvalue weighted by Gasteiger charge is -2.13. The van der Waals surface area contributed by atoms with Crippen LogP contribution in [0.5, 0.6) is 5.75 Å². The molecule has 28 heavy (non-hydrogen) atoms. The highest BCUT2D eigenvalue weighted by atomic mass is 35.5. The maximum atomic E-state index is 12.7. The lowest BCUT2D eigenvalue weighted by Crippen LogP contribution is -2.28. The molecule has 3 aliphatic rings. The molecule has 1 heterocycles. The molecule has 2 fully saturated rings. The first kappa shape index (κ1) is 18.7. The Balaban J connectivity index is 1.52. The molecule has 2 amide bonds. The lowest BCUT2D eigenvalue weighted by molar-refractivity contribution is -0.145. The van der Waals surface area contributed by atoms with Gasteiger partial charge in [0.15, 0.2) is 6.61 Å². The summed E-state index contributed by atoms with van der Waals surface area (Å²) in [4.78, 5) is 36.9. The summed E-state index contributed by atoms with van der Waals surface area (Å²) in [5.74, 6) is -1.04. The number of carbonyl (C=O) groups is 3. The molecular weight excluding hydrogens is 384 g/mol. The molecule has 1 aromatic carbocycles. The molecule has 0 unspecified atom stereocenters. The quantitative estimate of drug-likeness (QED) is 0.316. The van der Waals surface area contributed by atoms with Crippen LogP contribution in [-0.4, -0.2) is 42.2 Å². The van der Waals surface area contributed by atoms with Gasteiger partial charge in [0.1, 0.15) is 5.75 Å². The summed E-state index contributed by atoms with van der Waals surface area (Å²) in [6.07, 6.45) is 6.29. The van der Waals surface area contributed by atoms with E-state index in [4.69, 9.17) is 21.1 Å². The van der Waals surface area contributed by atoms with E-state index in [0.717, 1.165) is 11.4 Å². The molecule has 1 aromatic rings. The molecule has 0 aromatic heterocycles. The van der Waals surface area contributed by atoms with Crippen LogP contribution < -0.4 is 4.74 Å². The van der Waals surface area contributed by atoms with Gasteiger partial charge in [-0.3, -0.25) is 9.59 Å². The third-order valence-corrected chi connectivity index (χ3v) is 5.62. The van der Waals surface area contributed by atoms with E-state index in [1.807, 2.05) is 12.2 Å². The highest BCUT2D eigenvalue weighted by Gasteiger charge is 2.59. The molecule has 4 rings (SSSR count).